The molecule has 1 aliphatic rings. The summed E-state index contributed by atoms with van der Waals surface area (Å²) in [6.07, 6.45) is 7.50. The number of anilines is 1. The molecule has 0 aromatic carbocycles. The SMILES string of the molecule is CCc1cn[nH]c1NC(=O)CC1(C(=O)O)CCCCCC1. The summed E-state index contributed by atoms with van der Waals surface area (Å²) in [5.74, 6) is -0.519. The van der Waals surface area contributed by atoms with Gasteiger partial charge in [0, 0.05) is 12.0 Å². The molecule has 116 valence electrons. The predicted octanol–water partition coefficient (Wildman–Crippen LogP) is 2.73. The molecule has 1 heterocycles. The van der Waals surface area contributed by atoms with Crippen LogP contribution in [-0.2, 0) is 16.0 Å². The van der Waals surface area contributed by atoms with Crippen LogP contribution in [0.2, 0.25) is 0 Å². The van der Waals surface area contributed by atoms with E-state index in [0.717, 1.165) is 37.7 Å². The number of aliphatic carboxylic acids is 1. The number of aromatic amines is 1. The van der Waals surface area contributed by atoms with Crippen molar-refractivity contribution in [2.24, 2.45) is 5.41 Å². The van der Waals surface area contributed by atoms with Crippen LogP contribution in [-0.4, -0.2) is 27.2 Å². The van der Waals surface area contributed by atoms with Gasteiger partial charge in [0.05, 0.1) is 11.6 Å². The van der Waals surface area contributed by atoms with Gasteiger partial charge in [-0.3, -0.25) is 14.7 Å². The third-order valence-electron chi connectivity index (χ3n) is 4.38. The Labute approximate surface area is 124 Å². The molecule has 0 saturated heterocycles. The topological polar surface area (TPSA) is 95.1 Å². The Kier molecular flexibility index (Phi) is 4.98. The number of aromatic nitrogens is 2. The standard InChI is InChI=1S/C15H23N3O3/c1-2-11-10-16-18-13(11)17-12(19)9-15(14(20)21)7-5-3-4-6-8-15/h10H,2-9H2,1H3,(H,20,21)(H2,16,17,18,19). The van der Waals surface area contributed by atoms with Crippen LogP contribution in [0.3, 0.4) is 0 Å². The highest BCUT2D eigenvalue weighted by atomic mass is 16.4. The van der Waals surface area contributed by atoms with Crippen molar-refractivity contribution in [2.75, 3.05) is 5.32 Å². The Morgan fingerprint density at radius 2 is 2.00 bits per heavy atom. The summed E-state index contributed by atoms with van der Waals surface area (Å²) in [4.78, 5) is 23.9. The number of rotatable bonds is 5. The number of H-pyrrole nitrogens is 1. The van der Waals surface area contributed by atoms with Crippen molar-refractivity contribution in [3.8, 4) is 0 Å². The Morgan fingerprint density at radius 3 is 2.57 bits per heavy atom. The Hall–Kier alpha value is -1.85. The summed E-state index contributed by atoms with van der Waals surface area (Å²) in [5.41, 5.74) is 0.0149. The maximum Gasteiger partial charge on any atom is 0.310 e. The zero-order valence-electron chi connectivity index (χ0n) is 12.4. The van der Waals surface area contributed by atoms with Crippen LogP contribution in [0.1, 0.15) is 57.4 Å². The fourth-order valence-corrected chi connectivity index (χ4v) is 3.05. The monoisotopic (exact) mass is 293 g/mol. The van der Waals surface area contributed by atoms with E-state index in [4.69, 9.17) is 0 Å². The van der Waals surface area contributed by atoms with E-state index in [0.29, 0.717) is 18.7 Å². The lowest BCUT2D eigenvalue weighted by atomic mass is 9.77. The van der Waals surface area contributed by atoms with E-state index in [1.165, 1.54) is 0 Å². The number of aryl methyl sites for hydroxylation is 1. The zero-order valence-corrected chi connectivity index (χ0v) is 12.4. The van der Waals surface area contributed by atoms with E-state index < -0.39 is 11.4 Å². The van der Waals surface area contributed by atoms with Crippen LogP contribution in [0.5, 0.6) is 0 Å². The van der Waals surface area contributed by atoms with E-state index in [1.54, 1.807) is 6.20 Å². The van der Waals surface area contributed by atoms with E-state index in [-0.39, 0.29) is 12.3 Å². The van der Waals surface area contributed by atoms with Crippen molar-refractivity contribution >= 4 is 17.7 Å². The highest BCUT2D eigenvalue weighted by molar-refractivity contribution is 5.94. The molecule has 1 saturated carbocycles. The van der Waals surface area contributed by atoms with Gasteiger partial charge in [0.25, 0.3) is 0 Å². The van der Waals surface area contributed by atoms with E-state index >= 15 is 0 Å². The number of nitrogens with one attached hydrogen (secondary N) is 2. The molecule has 1 aliphatic carbocycles. The van der Waals surface area contributed by atoms with Gasteiger partial charge < -0.3 is 10.4 Å². The summed E-state index contributed by atoms with van der Waals surface area (Å²) in [7, 11) is 0. The van der Waals surface area contributed by atoms with E-state index in [1.807, 2.05) is 6.92 Å². The molecule has 6 heteroatoms. The molecular weight excluding hydrogens is 270 g/mol. The molecule has 0 aliphatic heterocycles. The average Bonchev–Trinajstić information content (AvgIpc) is 2.74. The van der Waals surface area contributed by atoms with Gasteiger partial charge in [0.15, 0.2) is 0 Å². The largest absolute Gasteiger partial charge is 0.481 e. The summed E-state index contributed by atoms with van der Waals surface area (Å²) in [5, 5.41) is 19.0. The lowest BCUT2D eigenvalue weighted by molar-refractivity contribution is -0.152. The Bertz CT molecular complexity index is 502. The first-order valence-electron chi connectivity index (χ1n) is 7.63. The lowest BCUT2D eigenvalue weighted by Crippen LogP contribution is -2.35. The zero-order chi connectivity index (χ0) is 15.3. The van der Waals surface area contributed by atoms with E-state index in [9.17, 15) is 14.7 Å². The minimum absolute atomic E-state index is 0.0322. The molecule has 21 heavy (non-hydrogen) atoms. The van der Waals surface area contributed by atoms with Gasteiger partial charge in [-0.2, -0.15) is 5.10 Å². The van der Waals surface area contributed by atoms with Gasteiger partial charge in [-0.15, -0.1) is 0 Å². The van der Waals surface area contributed by atoms with Crippen LogP contribution in [0.15, 0.2) is 6.20 Å². The lowest BCUT2D eigenvalue weighted by Gasteiger charge is -2.27. The predicted molar refractivity (Wildman–Crippen MR) is 79.0 cm³/mol. The maximum atomic E-state index is 12.2. The third kappa shape index (κ3) is 3.62. The maximum absolute atomic E-state index is 12.2. The van der Waals surface area contributed by atoms with Crippen molar-refractivity contribution in [3.05, 3.63) is 11.8 Å². The van der Waals surface area contributed by atoms with Crippen LogP contribution >= 0.6 is 0 Å². The molecule has 1 aromatic heterocycles. The van der Waals surface area contributed by atoms with Gasteiger partial charge in [0.2, 0.25) is 5.91 Å². The minimum atomic E-state index is -0.910. The van der Waals surface area contributed by atoms with Crippen molar-refractivity contribution in [1.82, 2.24) is 10.2 Å². The Balaban J connectivity index is 2.06. The number of carboxylic acids is 1. The molecule has 6 nitrogen and oxygen atoms in total. The second kappa shape index (κ2) is 6.74. The fraction of sp³-hybridized carbons (Fsp3) is 0.667. The van der Waals surface area contributed by atoms with Gasteiger partial charge >= 0.3 is 5.97 Å². The molecule has 0 unspecified atom stereocenters. The number of nitrogens with zero attached hydrogens (tertiary/aromatic N) is 1. The summed E-state index contributed by atoms with van der Waals surface area (Å²) in [6, 6.07) is 0. The molecule has 0 spiro atoms. The normalized spacial score (nSPS) is 18.0. The fourth-order valence-electron chi connectivity index (χ4n) is 3.05. The molecule has 0 bridgehead atoms. The van der Waals surface area contributed by atoms with Crippen molar-refractivity contribution in [1.29, 1.82) is 0 Å². The third-order valence-corrected chi connectivity index (χ3v) is 4.38. The smallest absolute Gasteiger partial charge is 0.310 e. The summed E-state index contributed by atoms with van der Waals surface area (Å²) >= 11 is 0. The number of hydrogen-bond acceptors (Lipinski definition) is 3. The quantitative estimate of drug-likeness (QED) is 0.727. The van der Waals surface area contributed by atoms with Crippen LogP contribution in [0.25, 0.3) is 0 Å². The van der Waals surface area contributed by atoms with Crippen LogP contribution < -0.4 is 5.32 Å². The number of carboxylic acid groups (broad SMARTS) is 1. The molecular formula is C15H23N3O3. The number of carbonyl (C=O) groups excluding carboxylic acids is 1. The Morgan fingerprint density at radius 1 is 1.33 bits per heavy atom. The van der Waals surface area contributed by atoms with Crippen molar-refractivity contribution in [2.45, 2.75) is 58.3 Å². The molecule has 1 amide bonds. The first kappa shape index (κ1) is 15.5. The second-order valence-corrected chi connectivity index (χ2v) is 5.85. The van der Waals surface area contributed by atoms with Gasteiger partial charge in [0.1, 0.15) is 5.82 Å². The van der Waals surface area contributed by atoms with Gasteiger partial charge in [-0.05, 0) is 19.3 Å². The summed E-state index contributed by atoms with van der Waals surface area (Å²) in [6.45, 7) is 1.98. The highest BCUT2D eigenvalue weighted by Crippen LogP contribution is 2.38. The molecule has 1 aromatic rings. The molecule has 3 N–H and O–H groups in total. The molecule has 0 radical (unpaired) electrons. The number of amides is 1. The second-order valence-electron chi connectivity index (χ2n) is 5.85. The van der Waals surface area contributed by atoms with Gasteiger partial charge in [-0.1, -0.05) is 32.6 Å². The molecule has 2 rings (SSSR count). The van der Waals surface area contributed by atoms with Crippen LogP contribution in [0, 0.1) is 5.41 Å². The molecule has 1 fully saturated rings. The minimum Gasteiger partial charge on any atom is -0.481 e. The van der Waals surface area contributed by atoms with Crippen LogP contribution in [0.4, 0.5) is 5.82 Å². The van der Waals surface area contributed by atoms with Crippen molar-refractivity contribution in [3.63, 3.8) is 0 Å². The number of carbonyl (C=O) groups is 2. The first-order chi connectivity index (χ1) is 10.1. The van der Waals surface area contributed by atoms with Gasteiger partial charge in [-0.25, -0.2) is 0 Å². The highest BCUT2D eigenvalue weighted by Gasteiger charge is 2.40. The first-order valence-corrected chi connectivity index (χ1v) is 7.63. The average molecular weight is 293 g/mol. The molecule has 0 atom stereocenters. The van der Waals surface area contributed by atoms with Crippen molar-refractivity contribution < 1.29 is 14.7 Å². The summed E-state index contributed by atoms with van der Waals surface area (Å²) < 4.78 is 0. The van der Waals surface area contributed by atoms with E-state index in [2.05, 4.69) is 15.5 Å². The number of hydrogen-bond donors (Lipinski definition) is 3.